The van der Waals surface area contributed by atoms with Crippen molar-refractivity contribution in [2.75, 3.05) is 26.4 Å². The first-order valence-corrected chi connectivity index (χ1v) is 9.09. The van der Waals surface area contributed by atoms with Crippen LogP contribution < -0.4 is 19.5 Å². The number of ether oxygens (including phenoxy) is 4. The summed E-state index contributed by atoms with van der Waals surface area (Å²) in [4.78, 5) is 23.6. The van der Waals surface area contributed by atoms with Crippen LogP contribution in [-0.2, 0) is 14.3 Å². The first-order chi connectivity index (χ1) is 13.5. The fourth-order valence-corrected chi connectivity index (χ4v) is 2.77. The fraction of sp³-hybridized carbons (Fsp3) is 0.300. The predicted molar refractivity (Wildman–Crippen MR) is 102 cm³/mol. The fourth-order valence-electron chi connectivity index (χ4n) is 2.54. The molecule has 0 unspecified atom stereocenters. The maximum atomic E-state index is 11.9. The minimum atomic E-state index is -0.643. The number of hydrogen-bond acceptors (Lipinski definition) is 6. The lowest BCUT2D eigenvalue weighted by molar-refractivity contribution is -0.150. The number of rotatable bonds is 7. The van der Waals surface area contributed by atoms with Gasteiger partial charge in [-0.25, -0.2) is 4.79 Å². The number of amides is 1. The van der Waals surface area contributed by atoms with Gasteiger partial charge in [-0.1, -0.05) is 23.7 Å². The molecule has 0 saturated heterocycles. The van der Waals surface area contributed by atoms with E-state index in [1.807, 2.05) is 25.1 Å². The quantitative estimate of drug-likeness (QED) is 0.713. The lowest BCUT2D eigenvalue weighted by Gasteiger charge is -2.26. The summed E-state index contributed by atoms with van der Waals surface area (Å²) in [6.45, 7) is 1.68. The number of carbonyl (C=O) groups excluding carboxylic acids is 2. The minimum Gasteiger partial charge on any atom is -0.486 e. The molecule has 1 heterocycles. The van der Waals surface area contributed by atoms with E-state index in [0.717, 1.165) is 5.56 Å². The standard InChI is InChI=1S/C20H20ClNO6/c1-13-8-14(21)6-7-16(13)26-12-20(24)27-11-19(23)22-9-15-10-25-17-4-2-3-5-18(17)28-15/h2-8,15H,9-12H2,1H3,(H,22,23)/t15-/m1/s1. The van der Waals surface area contributed by atoms with Crippen LogP contribution in [0.25, 0.3) is 0 Å². The van der Waals surface area contributed by atoms with E-state index in [0.29, 0.717) is 28.9 Å². The molecule has 148 valence electrons. The molecule has 7 nitrogen and oxygen atoms in total. The van der Waals surface area contributed by atoms with Crippen LogP contribution in [0.1, 0.15) is 5.56 Å². The van der Waals surface area contributed by atoms with E-state index in [1.165, 1.54) is 0 Å². The highest BCUT2D eigenvalue weighted by Crippen LogP contribution is 2.30. The molecular formula is C20H20ClNO6. The molecule has 0 radical (unpaired) electrons. The van der Waals surface area contributed by atoms with Crippen molar-refractivity contribution < 1.29 is 28.5 Å². The molecule has 1 aliphatic rings. The summed E-state index contributed by atoms with van der Waals surface area (Å²) in [5.74, 6) is 0.763. The van der Waals surface area contributed by atoms with E-state index in [4.69, 9.17) is 30.5 Å². The largest absolute Gasteiger partial charge is 0.486 e. The van der Waals surface area contributed by atoms with Crippen molar-refractivity contribution in [3.63, 3.8) is 0 Å². The van der Waals surface area contributed by atoms with E-state index in [9.17, 15) is 9.59 Å². The smallest absolute Gasteiger partial charge is 0.344 e. The number of halogens is 1. The van der Waals surface area contributed by atoms with E-state index >= 15 is 0 Å². The van der Waals surface area contributed by atoms with Crippen molar-refractivity contribution in [1.82, 2.24) is 5.32 Å². The highest BCUT2D eigenvalue weighted by molar-refractivity contribution is 6.30. The van der Waals surface area contributed by atoms with E-state index in [-0.39, 0.29) is 19.3 Å². The number of para-hydroxylation sites is 2. The van der Waals surface area contributed by atoms with Gasteiger partial charge in [-0.3, -0.25) is 4.79 Å². The maximum absolute atomic E-state index is 11.9. The van der Waals surface area contributed by atoms with Crippen LogP contribution >= 0.6 is 11.6 Å². The van der Waals surface area contributed by atoms with Gasteiger partial charge in [0.15, 0.2) is 24.7 Å². The zero-order valence-corrected chi connectivity index (χ0v) is 16.0. The number of aryl methyl sites for hydroxylation is 1. The molecule has 0 aliphatic carbocycles. The monoisotopic (exact) mass is 405 g/mol. The molecule has 0 aromatic heterocycles. The lowest BCUT2D eigenvalue weighted by atomic mass is 10.2. The van der Waals surface area contributed by atoms with Crippen molar-refractivity contribution in [3.05, 3.63) is 53.1 Å². The van der Waals surface area contributed by atoms with Gasteiger partial charge in [-0.15, -0.1) is 0 Å². The van der Waals surface area contributed by atoms with Gasteiger partial charge in [0.1, 0.15) is 18.5 Å². The van der Waals surface area contributed by atoms with Crippen LogP contribution in [0.15, 0.2) is 42.5 Å². The molecular weight excluding hydrogens is 386 g/mol. The first kappa shape index (κ1) is 19.8. The third-order valence-corrected chi connectivity index (χ3v) is 4.18. The minimum absolute atomic E-state index is 0.241. The Hall–Kier alpha value is -2.93. The maximum Gasteiger partial charge on any atom is 0.344 e. The number of esters is 1. The van der Waals surface area contributed by atoms with E-state index in [1.54, 1.807) is 24.3 Å². The predicted octanol–water partition coefficient (Wildman–Crippen LogP) is 2.53. The normalized spacial score (nSPS) is 14.9. The average molecular weight is 406 g/mol. The van der Waals surface area contributed by atoms with Crippen molar-refractivity contribution in [1.29, 1.82) is 0 Å². The summed E-state index contributed by atoms with van der Waals surface area (Å²) in [5.41, 5.74) is 0.800. The Morgan fingerprint density at radius 1 is 1.18 bits per heavy atom. The summed E-state index contributed by atoms with van der Waals surface area (Å²) in [6, 6.07) is 12.4. The molecule has 0 saturated carbocycles. The van der Waals surface area contributed by atoms with Crippen LogP contribution in [0.3, 0.4) is 0 Å². The Morgan fingerprint density at radius 3 is 2.75 bits per heavy atom. The Labute approximate surface area is 167 Å². The molecule has 2 aromatic rings. The number of nitrogens with one attached hydrogen (secondary N) is 1. The topological polar surface area (TPSA) is 83.1 Å². The van der Waals surface area contributed by atoms with E-state index < -0.39 is 18.5 Å². The molecule has 2 aromatic carbocycles. The lowest BCUT2D eigenvalue weighted by Crippen LogP contribution is -2.42. The zero-order valence-electron chi connectivity index (χ0n) is 15.3. The second-order valence-electron chi connectivity index (χ2n) is 6.16. The molecule has 1 atom stereocenters. The summed E-state index contributed by atoms with van der Waals surface area (Å²) in [6.07, 6.45) is -0.314. The third kappa shape index (κ3) is 5.53. The van der Waals surface area contributed by atoms with Gasteiger partial charge in [0.25, 0.3) is 5.91 Å². The van der Waals surface area contributed by atoms with E-state index in [2.05, 4.69) is 5.32 Å². The molecule has 1 amide bonds. The van der Waals surface area contributed by atoms with Gasteiger partial charge < -0.3 is 24.3 Å². The SMILES string of the molecule is Cc1cc(Cl)ccc1OCC(=O)OCC(=O)NC[C@@H]1COc2ccccc2O1. The molecule has 0 bridgehead atoms. The molecule has 1 aliphatic heterocycles. The molecule has 8 heteroatoms. The second-order valence-corrected chi connectivity index (χ2v) is 6.60. The van der Waals surface area contributed by atoms with Crippen molar-refractivity contribution in [2.24, 2.45) is 0 Å². The van der Waals surface area contributed by atoms with Gasteiger partial charge in [0.2, 0.25) is 0 Å². The third-order valence-electron chi connectivity index (χ3n) is 3.94. The van der Waals surface area contributed by atoms with Gasteiger partial charge in [0.05, 0.1) is 6.54 Å². The number of fused-ring (bicyclic) bond motifs is 1. The summed E-state index contributed by atoms with van der Waals surface area (Å²) in [5, 5.41) is 3.23. The van der Waals surface area contributed by atoms with Gasteiger partial charge in [-0.05, 0) is 42.8 Å². The van der Waals surface area contributed by atoms with Crippen molar-refractivity contribution in [2.45, 2.75) is 13.0 Å². The Kier molecular flexibility index (Phi) is 6.60. The van der Waals surface area contributed by atoms with Crippen molar-refractivity contribution >= 4 is 23.5 Å². The summed E-state index contributed by atoms with van der Waals surface area (Å²) in [7, 11) is 0. The number of hydrogen-bond donors (Lipinski definition) is 1. The second kappa shape index (κ2) is 9.32. The van der Waals surface area contributed by atoms with Crippen LogP contribution in [0.5, 0.6) is 17.2 Å². The van der Waals surface area contributed by atoms with Crippen LogP contribution in [0.2, 0.25) is 5.02 Å². The molecule has 28 heavy (non-hydrogen) atoms. The van der Waals surface area contributed by atoms with Crippen LogP contribution in [0, 0.1) is 6.92 Å². The Bertz CT molecular complexity index is 856. The van der Waals surface area contributed by atoms with Crippen LogP contribution in [0.4, 0.5) is 0 Å². The number of carbonyl (C=O) groups is 2. The van der Waals surface area contributed by atoms with Crippen LogP contribution in [-0.4, -0.2) is 44.3 Å². The molecule has 0 spiro atoms. The van der Waals surface area contributed by atoms with Gasteiger partial charge in [0, 0.05) is 5.02 Å². The van der Waals surface area contributed by atoms with Crippen molar-refractivity contribution in [3.8, 4) is 17.2 Å². The summed E-state index contributed by atoms with van der Waals surface area (Å²) < 4.78 is 21.6. The first-order valence-electron chi connectivity index (χ1n) is 8.71. The van der Waals surface area contributed by atoms with Gasteiger partial charge in [-0.2, -0.15) is 0 Å². The van der Waals surface area contributed by atoms with Gasteiger partial charge >= 0.3 is 5.97 Å². The highest BCUT2D eigenvalue weighted by Gasteiger charge is 2.21. The number of benzene rings is 2. The highest BCUT2D eigenvalue weighted by atomic mass is 35.5. The Morgan fingerprint density at radius 2 is 1.96 bits per heavy atom. The molecule has 1 N–H and O–H groups in total. The Balaban J connectivity index is 1.34. The molecule has 0 fully saturated rings. The molecule has 3 rings (SSSR count). The zero-order chi connectivity index (χ0) is 19.9. The average Bonchev–Trinajstić information content (AvgIpc) is 2.70. The summed E-state index contributed by atoms with van der Waals surface area (Å²) >= 11 is 5.87.